The molecule has 4 heteroatoms. The summed E-state index contributed by atoms with van der Waals surface area (Å²) >= 11 is 0. The lowest BCUT2D eigenvalue weighted by molar-refractivity contribution is -0.156. The fraction of sp³-hybridized carbons (Fsp3) is 0.750. The van der Waals surface area contributed by atoms with E-state index in [9.17, 15) is 4.79 Å². The van der Waals surface area contributed by atoms with Gasteiger partial charge in [-0.05, 0) is 12.8 Å². The Hall–Kier alpha value is -0.793. The Balaban J connectivity index is 2.66. The standard InChI is InChI=1S/C12H20O3Si/c1-10(13)15-12-6-5-8-14-11(12)7-9-16(2,3)4/h11-12H,5-6,8H2,1-4H3/t11-,12-/m1/s1. The second-order valence-electron chi connectivity index (χ2n) is 5.10. The molecule has 0 aromatic heterocycles. The molecule has 0 bridgehead atoms. The summed E-state index contributed by atoms with van der Waals surface area (Å²) in [4.78, 5) is 10.9. The van der Waals surface area contributed by atoms with Gasteiger partial charge in [0, 0.05) is 13.5 Å². The number of rotatable bonds is 1. The number of hydrogen-bond donors (Lipinski definition) is 0. The molecule has 90 valence electrons. The molecule has 1 rings (SSSR count). The van der Waals surface area contributed by atoms with E-state index in [4.69, 9.17) is 9.47 Å². The van der Waals surface area contributed by atoms with Crippen LogP contribution in [-0.2, 0) is 14.3 Å². The number of carbonyl (C=O) groups is 1. The van der Waals surface area contributed by atoms with Gasteiger partial charge in [0.1, 0.15) is 14.2 Å². The van der Waals surface area contributed by atoms with Crippen molar-refractivity contribution in [3.8, 4) is 11.5 Å². The van der Waals surface area contributed by atoms with Gasteiger partial charge in [-0.1, -0.05) is 25.6 Å². The highest BCUT2D eigenvalue weighted by Gasteiger charge is 2.27. The molecular formula is C12H20O3Si. The Bertz CT molecular complexity index is 308. The summed E-state index contributed by atoms with van der Waals surface area (Å²) in [5.41, 5.74) is 3.27. The fourth-order valence-corrected chi connectivity index (χ4v) is 2.08. The Morgan fingerprint density at radius 3 is 2.69 bits per heavy atom. The molecule has 1 saturated heterocycles. The fourth-order valence-electron chi connectivity index (χ4n) is 1.51. The van der Waals surface area contributed by atoms with Crippen LogP contribution in [0.15, 0.2) is 0 Å². The zero-order valence-corrected chi connectivity index (χ0v) is 11.5. The van der Waals surface area contributed by atoms with Crippen LogP contribution in [0.25, 0.3) is 0 Å². The van der Waals surface area contributed by atoms with Gasteiger partial charge in [-0.25, -0.2) is 0 Å². The average Bonchev–Trinajstić information content (AvgIpc) is 2.14. The summed E-state index contributed by atoms with van der Waals surface area (Å²) in [6.45, 7) is 8.69. The topological polar surface area (TPSA) is 35.5 Å². The minimum absolute atomic E-state index is 0.185. The van der Waals surface area contributed by atoms with Crippen molar-refractivity contribution in [3.05, 3.63) is 0 Å². The zero-order valence-electron chi connectivity index (χ0n) is 10.5. The number of carbonyl (C=O) groups excluding carboxylic acids is 1. The van der Waals surface area contributed by atoms with Crippen LogP contribution in [-0.4, -0.2) is 32.9 Å². The van der Waals surface area contributed by atoms with Crippen LogP contribution in [0.3, 0.4) is 0 Å². The summed E-state index contributed by atoms with van der Waals surface area (Å²) in [7, 11) is -1.39. The van der Waals surface area contributed by atoms with E-state index in [1.54, 1.807) is 0 Å². The van der Waals surface area contributed by atoms with Gasteiger partial charge in [-0.15, -0.1) is 5.54 Å². The normalized spacial score (nSPS) is 25.5. The Labute approximate surface area is 98.5 Å². The molecule has 0 unspecified atom stereocenters. The summed E-state index contributed by atoms with van der Waals surface area (Å²) in [6, 6.07) is 0. The second kappa shape index (κ2) is 5.51. The molecule has 0 saturated carbocycles. The molecule has 2 atom stereocenters. The average molecular weight is 240 g/mol. The van der Waals surface area contributed by atoms with Gasteiger partial charge in [0.05, 0.1) is 0 Å². The van der Waals surface area contributed by atoms with Crippen molar-refractivity contribution < 1.29 is 14.3 Å². The summed E-state index contributed by atoms with van der Waals surface area (Å²) in [6.07, 6.45) is 1.37. The van der Waals surface area contributed by atoms with Gasteiger partial charge in [0.2, 0.25) is 0 Å². The lowest BCUT2D eigenvalue weighted by Gasteiger charge is -2.27. The van der Waals surface area contributed by atoms with Crippen LogP contribution in [0.5, 0.6) is 0 Å². The second-order valence-corrected chi connectivity index (χ2v) is 9.85. The van der Waals surface area contributed by atoms with Crippen LogP contribution in [0, 0.1) is 11.5 Å². The van der Waals surface area contributed by atoms with E-state index >= 15 is 0 Å². The molecule has 0 aromatic carbocycles. The number of hydrogen-bond acceptors (Lipinski definition) is 3. The highest BCUT2D eigenvalue weighted by molar-refractivity contribution is 6.83. The third kappa shape index (κ3) is 4.82. The maximum atomic E-state index is 10.9. The monoisotopic (exact) mass is 240 g/mol. The maximum Gasteiger partial charge on any atom is 0.303 e. The van der Waals surface area contributed by atoms with Crippen LogP contribution in [0.1, 0.15) is 19.8 Å². The van der Waals surface area contributed by atoms with Gasteiger partial charge < -0.3 is 9.47 Å². The van der Waals surface area contributed by atoms with E-state index in [-0.39, 0.29) is 18.2 Å². The third-order valence-corrected chi connectivity index (χ3v) is 3.07. The Morgan fingerprint density at radius 1 is 1.44 bits per heavy atom. The SMILES string of the molecule is CC(=O)O[C@@H]1CCCO[C@@H]1C#C[Si](C)(C)C. The summed E-state index contributed by atoms with van der Waals surface area (Å²) < 4.78 is 10.8. The van der Waals surface area contributed by atoms with Gasteiger partial charge in [0.15, 0.2) is 6.10 Å². The molecule has 1 heterocycles. The molecule has 0 radical (unpaired) electrons. The summed E-state index contributed by atoms with van der Waals surface area (Å²) in [5, 5.41) is 0. The molecule has 1 fully saturated rings. The molecule has 0 aliphatic carbocycles. The van der Waals surface area contributed by atoms with Crippen molar-refractivity contribution >= 4 is 14.0 Å². The quantitative estimate of drug-likeness (QED) is 0.399. The molecule has 0 N–H and O–H groups in total. The molecule has 1 aliphatic heterocycles. The minimum Gasteiger partial charge on any atom is -0.459 e. The Kier molecular flexibility index (Phi) is 4.57. The van der Waals surface area contributed by atoms with Crippen molar-refractivity contribution in [3.63, 3.8) is 0 Å². The molecule has 1 aliphatic rings. The first-order valence-corrected chi connectivity index (χ1v) is 9.20. The third-order valence-electron chi connectivity index (χ3n) is 2.17. The predicted molar refractivity (Wildman–Crippen MR) is 65.7 cm³/mol. The van der Waals surface area contributed by atoms with E-state index in [0.717, 1.165) is 12.8 Å². The van der Waals surface area contributed by atoms with Crippen LogP contribution in [0.2, 0.25) is 19.6 Å². The Morgan fingerprint density at radius 2 is 2.12 bits per heavy atom. The van der Waals surface area contributed by atoms with Crippen molar-refractivity contribution in [1.82, 2.24) is 0 Å². The zero-order chi connectivity index (χ0) is 12.2. The van der Waals surface area contributed by atoms with Crippen molar-refractivity contribution in [1.29, 1.82) is 0 Å². The van der Waals surface area contributed by atoms with Crippen LogP contribution < -0.4 is 0 Å². The number of ether oxygens (including phenoxy) is 2. The van der Waals surface area contributed by atoms with Gasteiger partial charge in [-0.2, -0.15) is 0 Å². The van der Waals surface area contributed by atoms with Crippen molar-refractivity contribution in [2.45, 2.75) is 51.6 Å². The van der Waals surface area contributed by atoms with Crippen molar-refractivity contribution in [2.75, 3.05) is 6.61 Å². The smallest absolute Gasteiger partial charge is 0.303 e. The first kappa shape index (κ1) is 13.3. The molecule has 16 heavy (non-hydrogen) atoms. The molecule has 0 aromatic rings. The first-order valence-electron chi connectivity index (χ1n) is 5.70. The molecule has 0 amide bonds. The van der Waals surface area contributed by atoms with E-state index in [2.05, 4.69) is 31.1 Å². The molecule has 0 spiro atoms. The van der Waals surface area contributed by atoms with E-state index in [1.165, 1.54) is 6.92 Å². The van der Waals surface area contributed by atoms with Gasteiger partial charge in [0.25, 0.3) is 0 Å². The highest BCUT2D eigenvalue weighted by atomic mass is 28.3. The van der Waals surface area contributed by atoms with E-state index in [0.29, 0.717) is 6.61 Å². The predicted octanol–water partition coefficient (Wildman–Crippen LogP) is 1.98. The van der Waals surface area contributed by atoms with E-state index in [1.807, 2.05) is 0 Å². The summed E-state index contributed by atoms with van der Waals surface area (Å²) in [5.74, 6) is 2.87. The van der Waals surface area contributed by atoms with E-state index < -0.39 is 8.07 Å². The highest BCUT2D eigenvalue weighted by Crippen LogP contribution is 2.17. The van der Waals surface area contributed by atoms with Crippen LogP contribution in [0.4, 0.5) is 0 Å². The lowest BCUT2D eigenvalue weighted by Crippen LogP contribution is -2.36. The number of esters is 1. The first-order chi connectivity index (χ1) is 7.38. The van der Waals surface area contributed by atoms with Gasteiger partial charge in [-0.3, -0.25) is 4.79 Å². The van der Waals surface area contributed by atoms with Gasteiger partial charge >= 0.3 is 5.97 Å². The maximum absolute atomic E-state index is 10.9. The van der Waals surface area contributed by atoms with Crippen LogP contribution >= 0.6 is 0 Å². The van der Waals surface area contributed by atoms with Crippen molar-refractivity contribution in [2.24, 2.45) is 0 Å². The lowest BCUT2D eigenvalue weighted by atomic mass is 10.1. The minimum atomic E-state index is -1.39. The molecule has 3 nitrogen and oxygen atoms in total. The molecular weight excluding hydrogens is 220 g/mol. The largest absolute Gasteiger partial charge is 0.459 e.